The van der Waals surface area contributed by atoms with Gasteiger partial charge in [-0.1, -0.05) is 30.3 Å². The Morgan fingerprint density at radius 2 is 2.00 bits per heavy atom. The minimum atomic E-state index is -1.01. The number of aliphatic hydroxyl groups is 1. The molecule has 2 rings (SSSR count). The summed E-state index contributed by atoms with van der Waals surface area (Å²) in [5, 5.41) is 11.6. The molecule has 0 aromatic heterocycles. The van der Waals surface area contributed by atoms with Gasteiger partial charge in [-0.2, -0.15) is 0 Å². The van der Waals surface area contributed by atoms with Gasteiger partial charge in [0, 0.05) is 18.1 Å². The van der Waals surface area contributed by atoms with Gasteiger partial charge in [0.25, 0.3) is 0 Å². The van der Waals surface area contributed by atoms with Crippen molar-refractivity contribution >= 4 is 23.8 Å². The van der Waals surface area contributed by atoms with E-state index in [9.17, 15) is 9.90 Å². The molecule has 126 valence electrons. The van der Waals surface area contributed by atoms with Gasteiger partial charge in [-0.25, -0.2) is 4.79 Å². The lowest BCUT2D eigenvalue weighted by atomic mass is 9.82. The fourth-order valence-corrected chi connectivity index (χ4v) is 2.94. The highest BCUT2D eigenvalue weighted by molar-refractivity contribution is 6.30. The van der Waals surface area contributed by atoms with Gasteiger partial charge in [0.15, 0.2) is 0 Å². The van der Waals surface area contributed by atoms with Crippen LogP contribution in [-0.2, 0) is 10.3 Å². The highest BCUT2D eigenvalue weighted by Gasteiger charge is 2.37. The second-order valence-electron chi connectivity index (χ2n) is 6.93. The van der Waals surface area contributed by atoms with E-state index in [2.05, 4.69) is 6.58 Å². The van der Waals surface area contributed by atoms with Gasteiger partial charge < -0.3 is 14.7 Å². The normalized spacial score (nSPS) is 17.7. The van der Waals surface area contributed by atoms with Crippen molar-refractivity contribution in [1.29, 1.82) is 0 Å². The van der Waals surface area contributed by atoms with E-state index >= 15 is 0 Å². The molecule has 23 heavy (non-hydrogen) atoms. The summed E-state index contributed by atoms with van der Waals surface area (Å²) in [6, 6.07) is 5.41. The first-order valence-corrected chi connectivity index (χ1v) is 8.15. The quantitative estimate of drug-likeness (QED) is 0.879. The van der Waals surface area contributed by atoms with Gasteiger partial charge in [0.2, 0.25) is 0 Å². The number of benzene rings is 1. The Kier molecular flexibility index (Phi) is 5.07. The number of rotatable bonds is 2. The molecule has 0 atom stereocenters. The summed E-state index contributed by atoms with van der Waals surface area (Å²) in [5.41, 5.74) is 0.104. The average molecular weight is 338 g/mol. The molecule has 0 saturated carbocycles. The second kappa shape index (κ2) is 6.54. The molecule has 0 spiro atoms. The third-order valence-corrected chi connectivity index (χ3v) is 4.21. The van der Waals surface area contributed by atoms with Gasteiger partial charge in [0.05, 0.1) is 5.60 Å². The summed E-state index contributed by atoms with van der Waals surface area (Å²) in [5.74, 6) is 0. The van der Waals surface area contributed by atoms with Crippen molar-refractivity contribution in [2.24, 2.45) is 0 Å². The zero-order chi connectivity index (χ0) is 17.3. The largest absolute Gasteiger partial charge is 0.444 e. The number of nitrogens with zero attached hydrogens (tertiary/aromatic N) is 1. The zero-order valence-electron chi connectivity index (χ0n) is 13.9. The molecule has 1 heterocycles. The molecular formula is C18H24ClNO3. The van der Waals surface area contributed by atoms with Crippen LogP contribution in [0.15, 0.2) is 24.8 Å². The van der Waals surface area contributed by atoms with Crippen LogP contribution in [0.1, 0.15) is 44.7 Å². The highest BCUT2D eigenvalue weighted by atomic mass is 35.5. The zero-order valence-corrected chi connectivity index (χ0v) is 14.7. The monoisotopic (exact) mass is 337 g/mol. The van der Waals surface area contributed by atoms with Crippen LogP contribution in [0.25, 0.3) is 6.08 Å². The molecule has 0 bridgehead atoms. The van der Waals surface area contributed by atoms with Crippen LogP contribution in [0, 0.1) is 0 Å². The summed E-state index contributed by atoms with van der Waals surface area (Å²) in [4.78, 5) is 13.8. The van der Waals surface area contributed by atoms with E-state index < -0.39 is 11.2 Å². The Hall–Kier alpha value is -1.52. The topological polar surface area (TPSA) is 49.8 Å². The standard InChI is InChI=1S/C18H24ClNO3/c1-5-13-6-7-14(19)12-15(13)18(22)8-10-20(11-9-18)16(21)23-17(2,3)4/h5-7,12,22H,1,8-11H2,2-4H3. The van der Waals surface area contributed by atoms with E-state index in [1.165, 1.54) is 0 Å². The smallest absolute Gasteiger partial charge is 0.410 e. The molecule has 1 aromatic rings. The molecule has 1 aliphatic heterocycles. The predicted molar refractivity (Wildman–Crippen MR) is 92.5 cm³/mol. The number of piperidine rings is 1. The third-order valence-electron chi connectivity index (χ3n) is 3.98. The van der Waals surface area contributed by atoms with Crippen LogP contribution in [0.3, 0.4) is 0 Å². The van der Waals surface area contributed by atoms with E-state index in [0.29, 0.717) is 31.0 Å². The Labute approximate surface area is 142 Å². The number of carbonyl (C=O) groups is 1. The summed E-state index contributed by atoms with van der Waals surface area (Å²) >= 11 is 6.08. The van der Waals surface area contributed by atoms with Crippen molar-refractivity contribution in [3.05, 3.63) is 40.9 Å². The Bertz CT molecular complexity index is 599. The maximum atomic E-state index is 12.1. The molecule has 0 aliphatic carbocycles. The van der Waals surface area contributed by atoms with Gasteiger partial charge in [-0.05, 0) is 56.9 Å². The summed E-state index contributed by atoms with van der Waals surface area (Å²) in [6.45, 7) is 10.2. The molecule has 1 saturated heterocycles. The maximum absolute atomic E-state index is 12.1. The third kappa shape index (κ3) is 4.27. The van der Waals surface area contributed by atoms with E-state index in [1.807, 2.05) is 26.8 Å². The highest BCUT2D eigenvalue weighted by Crippen LogP contribution is 2.37. The Balaban J connectivity index is 2.12. The number of halogens is 1. The fourth-order valence-electron chi connectivity index (χ4n) is 2.76. The second-order valence-corrected chi connectivity index (χ2v) is 7.37. The number of amides is 1. The maximum Gasteiger partial charge on any atom is 0.410 e. The van der Waals surface area contributed by atoms with Crippen molar-refractivity contribution in [2.75, 3.05) is 13.1 Å². The fraction of sp³-hybridized carbons (Fsp3) is 0.500. The number of hydrogen-bond acceptors (Lipinski definition) is 3. The van der Waals surface area contributed by atoms with Crippen molar-refractivity contribution in [1.82, 2.24) is 4.90 Å². The molecule has 0 unspecified atom stereocenters. The SMILES string of the molecule is C=Cc1ccc(Cl)cc1C1(O)CCN(C(=O)OC(C)(C)C)CC1. The number of carbonyl (C=O) groups excluding carboxylic acids is 1. The Morgan fingerprint density at radius 1 is 1.39 bits per heavy atom. The van der Waals surface area contributed by atoms with E-state index in [0.717, 1.165) is 11.1 Å². The Morgan fingerprint density at radius 3 is 2.52 bits per heavy atom. The summed E-state index contributed by atoms with van der Waals surface area (Å²) in [6.07, 6.45) is 2.25. The first-order chi connectivity index (χ1) is 10.6. The molecule has 1 amide bonds. The van der Waals surface area contributed by atoms with Crippen LogP contribution >= 0.6 is 11.6 Å². The van der Waals surface area contributed by atoms with Crippen LogP contribution in [-0.4, -0.2) is 34.8 Å². The first-order valence-electron chi connectivity index (χ1n) is 7.77. The van der Waals surface area contributed by atoms with Crippen molar-refractivity contribution in [3.8, 4) is 0 Å². The lowest BCUT2D eigenvalue weighted by Gasteiger charge is -2.39. The van der Waals surface area contributed by atoms with Crippen LogP contribution in [0.4, 0.5) is 4.79 Å². The number of likely N-dealkylation sites (tertiary alicyclic amines) is 1. The van der Waals surface area contributed by atoms with Crippen LogP contribution in [0.5, 0.6) is 0 Å². The molecule has 1 aromatic carbocycles. The summed E-state index contributed by atoms with van der Waals surface area (Å²) in [7, 11) is 0. The number of hydrogen-bond donors (Lipinski definition) is 1. The van der Waals surface area contributed by atoms with E-state index in [4.69, 9.17) is 16.3 Å². The lowest BCUT2D eigenvalue weighted by molar-refractivity contribution is -0.0357. The first kappa shape index (κ1) is 17.8. The average Bonchev–Trinajstić information content (AvgIpc) is 2.46. The molecule has 1 aliphatic rings. The number of ether oxygens (including phenoxy) is 1. The van der Waals surface area contributed by atoms with Crippen LogP contribution in [0.2, 0.25) is 5.02 Å². The molecule has 1 N–H and O–H groups in total. The van der Waals surface area contributed by atoms with E-state index in [1.54, 1.807) is 23.1 Å². The predicted octanol–water partition coefficient (Wildman–Crippen LogP) is 4.20. The van der Waals surface area contributed by atoms with Crippen molar-refractivity contribution in [3.63, 3.8) is 0 Å². The van der Waals surface area contributed by atoms with E-state index in [-0.39, 0.29) is 6.09 Å². The van der Waals surface area contributed by atoms with Gasteiger partial charge in [-0.15, -0.1) is 0 Å². The molecule has 4 nitrogen and oxygen atoms in total. The molecule has 0 radical (unpaired) electrons. The van der Waals surface area contributed by atoms with Gasteiger partial charge >= 0.3 is 6.09 Å². The lowest BCUT2D eigenvalue weighted by Crippen LogP contribution is -2.47. The molecular weight excluding hydrogens is 314 g/mol. The van der Waals surface area contributed by atoms with Gasteiger partial charge in [-0.3, -0.25) is 0 Å². The van der Waals surface area contributed by atoms with Crippen molar-refractivity contribution < 1.29 is 14.6 Å². The molecule has 5 heteroatoms. The minimum Gasteiger partial charge on any atom is -0.444 e. The van der Waals surface area contributed by atoms with Gasteiger partial charge in [0.1, 0.15) is 5.60 Å². The van der Waals surface area contributed by atoms with Crippen molar-refractivity contribution in [2.45, 2.75) is 44.8 Å². The minimum absolute atomic E-state index is 0.338. The summed E-state index contributed by atoms with van der Waals surface area (Å²) < 4.78 is 5.38. The molecule has 1 fully saturated rings. The van der Waals surface area contributed by atoms with Crippen LogP contribution < -0.4 is 0 Å².